The van der Waals surface area contributed by atoms with E-state index in [2.05, 4.69) is 5.32 Å². The maximum Gasteiger partial charge on any atom is 0.283 e. The highest BCUT2D eigenvalue weighted by molar-refractivity contribution is 7.91. The Morgan fingerprint density at radius 1 is 1.48 bits per heavy atom. The van der Waals surface area contributed by atoms with Crippen molar-refractivity contribution in [3.8, 4) is 0 Å². The van der Waals surface area contributed by atoms with Crippen LogP contribution in [0.1, 0.15) is 23.7 Å². The SMILES string of the molecule is CC1(NC(=O)c2ccc(Cl)cc2[N+](=O)[O-])CCS(=O)(=O)C1. The highest BCUT2D eigenvalue weighted by Gasteiger charge is 2.40. The van der Waals surface area contributed by atoms with Gasteiger partial charge in [-0.3, -0.25) is 14.9 Å². The number of carbonyl (C=O) groups is 1. The monoisotopic (exact) mass is 332 g/mol. The van der Waals surface area contributed by atoms with E-state index in [-0.39, 0.29) is 28.5 Å². The molecule has 1 fully saturated rings. The first-order chi connectivity index (χ1) is 9.62. The van der Waals surface area contributed by atoms with Gasteiger partial charge in [0.2, 0.25) is 0 Å². The molecule has 1 saturated heterocycles. The Hall–Kier alpha value is -1.67. The Bertz CT molecular complexity index is 718. The van der Waals surface area contributed by atoms with E-state index >= 15 is 0 Å². The van der Waals surface area contributed by atoms with Crippen molar-refractivity contribution in [1.29, 1.82) is 0 Å². The lowest BCUT2D eigenvalue weighted by molar-refractivity contribution is -0.385. The number of nitrogens with zero attached hydrogens (tertiary/aromatic N) is 1. The zero-order valence-electron chi connectivity index (χ0n) is 11.1. The average molecular weight is 333 g/mol. The van der Waals surface area contributed by atoms with Gasteiger partial charge in [-0.1, -0.05) is 11.6 Å². The van der Waals surface area contributed by atoms with Gasteiger partial charge in [0, 0.05) is 11.1 Å². The molecule has 1 aliphatic heterocycles. The molecule has 0 spiro atoms. The predicted octanol–water partition coefficient (Wildman–Crippen LogP) is 1.56. The second-order valence-electron chi connectivity index (χ2n) is 5.28. The molecule has 7 nitrogen and oxygen atoms in total. The lowest BCUT2D eigenvalue weighted by Crippen LogP contribution is -2.47. The maximum atomic E-state index is 12.2. The van der Waals surface area contributed by atoms with Gasteiger partial charge in [-0.05, 0) is 25.5 Å². The largest absolute Gasteiger partial charge is 0.346 e. The standard InChI is InChI=1S/C12H13ClN2O5S/c1-12(4-5-21(19,20)7-12)14-11(16)9-3-2-8(13)6-10(9)15(17)18/h2-3,6H,4-5,7H2,1H3,(H,14,16). The first-order valence-electron chi connectivity index (χ1n) is 6.09. The van der Waals surface area contributed by atoms with Gasteiger partial charge in [-0.2, -0.15) is 0 Å². The van der Waals surface area contributed by atoms with Crippen molar-refractivity contribution in [2.45, 2.75) is 18.9 Å². The minimum absolute atomic E-state index is 0.00745. The number of rotatable bonds is 3. The number of nitro benzene ring substituents is 1. The van der Waals surface area contributed by atoms with Crippen LogP contribution in [0.25, 0.3) is 0 Å². The third-order valence-corrected chi connectivity index (χ3v) is 5.46. The normalized spacial score (nSPS) is 23.7. The summed E-state index contributed by atoms with van der Waals surface area (Å²) in [7, 11) is -3.18. The first-order valence-corrected chi connectivity index (χ1v) is 8.29. The van der Waals surface area contributed by atoms with Crippen LogP contribution < -0.4 is 5.32 Å². The molecule has 1 N–H and O–H groups in total. The van der Waals surface area contributed by atoms with Crippen molar-refractivity contribution in [3.05, 3.63) is 38.9 Å². The van der Waals surface area contributed by atoms with Crippen molar-refractivity contribution < 1.29 is 18.1 Å². The lowest BCUT2D eigenvalue weighted by atomic mass is 10.0. The van der Waals surface area contributed by atoms with Crippen LogP contribution in [0.3, 0.4) is 0 Å². The molecule has 21 heavy (non-hydrogen) atoms. The number of benzene rings is 1. The topological polar surface area (TPSA) is 106 Å². The minimum atomic E-state index is -3.18. The third-order valence-electron chi connectivity index (χ3n) is 3.32. The molecule has 1 aromatic carbocycles. The van der Waals surface area contributed by atoms with E-state index in [1.54, 1.807) is 6.92 Å². The van der Waals surface area contributed by atoms with E-state index in [0.29, 0.717) is 0 Å². The summed E-state index contributed by atoms with van der Waals surface area (Å²) < 4.78 is 23.0. The summed E-state index contributed by atoms with van der Waals surface area (Å²) in [6.45, 7) is 1.61. The van der Waals surface area contributed by atoms with E-state index in [0.717, 1.165) is 6.07 Å². The van der Waals surface area contributed by atoms with Gasteiger partial charge in [0.05, 0.1) is 22.0 Å². The van der Waals surface area contributed by atoms with Crippen LogP contribution in [-0.2, 0) is 9.84 Å². The molecule has 9 heteroatoms. The zero-order valence-corrected chi connectivity index (χ0v) is 12.7. The fourth-order valence-corrected chi connectivity index (χ4v) is 4.56. The summed E-state index contributed by atoms with van der Waals surface area (Å²) in [4.78, 5) is 22.5. The smallest absolute Gasteiger partial charge is 0.283 e. The number of nitrogens with one attached hydrogen (secondary N) is 1. The number of sulfone groups is 1. The first kappa shape index (κ1) is 15.7. The van der Waals surface area contributed by atoms with Crippen molar-refractivity contribution in [2.75, 3.05) is 11.5 Å². The predicted molar refractivity (Wildman–Crippen MR) is 77.2 cm³/mol. The second kappa shape index (κ2) is 5.27. The van der Waals surface area contributed by atoms with Crippen LogP contribution in [-0.4, -0.2) is 36.3 Å². The summed E-state index contributed by atoms with van der Waals surface area (Å²) in [6, 6.07) is 3.71. The lowest BCUT2D eigenvalue weighted by Gasteiger charge is -2.23. The summed E-state index contributed by atoms with van der Waals surface area (Å²) >= 11 is 5.69. The Morgan fingerprint density at radius 3 is 2.67 bits per heavy atom. The van der Waals surface area contributed by atoms with Crippen LogP contribution in [0.15, 0.2) is 18.2 Å². The van der Waals surface area contributed by atoms with E-state index in [9.17, 15) is 23.3 Å². The molecule has 1 amide bonds. The number of nitro groups is 1. The molecular weight excluding hydrogens is 320 g/mol. The van der Waals surface area contributed by atoms with Crippen molar-refractivity contribution in [3.63, 3.8) is 0 Å². The molecule has 0 bridgehead atoms. The number of hydrogen-bond acceptors (Lipinski definition) is 5. The molecule has 0 saturated carbocycles. The molecule has 1 heterocycles. The van der Waals surface area contributed by atoms with Crippen molar-refractivity contribution in [2.24, 2.45) is 0 Å². The summed E-state index contributed by atoms with van der Waals surface area (Å²) in [5, 5.41) is 13.7. The molecule has 0 aromatic heterocycles. The van der Waals surface area contributed by atoms with Gasteiger partial charge in [0.25, 0.3) is 11.6 Å². The Labute approximate surface area is 126 Å². The van der Waals surface area contributed by atoms with Gasteiger partial charge in [0.15, 0.2) is 9.84 Å². The van der Waals surface area contributed by atoms with Crippen LogP contribution in [0, 0.1) is 10.1 Å². The van der Waals surface area contributed by atoms with Gasteiger partial charge >= 0.3 is 0 Å². The molecule has 1 aromatic rings. The zero-order chi connectivity index (χ0) is 15.8. The Morgan fingerprint density at radius 2 is 2.14 bits per heavy atom. The van der Waals surface area contributed by atoms with E-state index < -0.39 is 31.9 Å². The van der Waals surface area contributed by atoms with Gasteiger partial charge < -0.3 is 5.32 Å². The molecule has 1 aliphatic rings. The van der Waals surface area contributed by atoms with Gasteiger partial charge in [0.1, 0.15) is 5.56 Å². The number of hydrogen-bond donors (Lipinski definition) is 1. The van der Waals surface area contributed by atoms with E-state index in [1.807, 2.05) is 0 Å². The Balaban J connectivity index is 2.28. The van der Waals surface area contributed by atoms with Crippen molar-refractivity contribution >= 4 is 33.0 Å². The van der Waals surface area contributed by atoms with Gasteiger partial charge in [-0.25, -0.2) is 8.42 Å². The molecule has 114 valence electrons. The van der Waals surface area contributed by atoms with Crippen molar-refractivity contribution in [1.82, 2.24) is 5.32 Å². The van der Waals surface area contributed by atoms with Crippen LogP contribution >= 0.6 is 11.6 Å². The van der Waals surface area contributed by atoms with Crippen LogP contribution in [0.4, 0.5) is 5.69 Å². The maximum absolute atomic E-state index is 12.2. The fourth-order valence-electron chi connectivity index (χ4n) is 2.30. The fraction of sp³-hybridized carbons (Fsp3) is 0.417. The number of carbonyl (C=O) groups excluding carboxylic acids is 1. The summed E-state index contributed by atoms with van der Waals surface area (Å²) in [6.07, 6.45) is 0.280. The minimum Gasteiger partial charge on any atom is -0.346 e. The summed E-state index contributed by atoms with van der Waals surface area (Å²) in [5.41, 5.74) is -1.47. The highest BCUT2D eigenvalue weighted by atomic mass is 35.5. The molecule has 2 rings (SSSR count). The van der Waals surface area contributed by atoms with E-state index in [4.69, 9.17) is 11.6 Å². The van der Waals surface area contributed by atoms with Crippen LogP contribution in [0.5, 0.6) is 0 Å². The van der Waals surface area contributed by atoms with Crippen LogP contribution in [0.2, 0.25) is 5.02 Å². The number of amides is 1. The molecule has 0 radical (unpaired) electrons. The average Bonchev–Trinajstić information content (AvgIpc) is 2.62. The van der Waals surface area contributed by atoms with Gasteiger partial charge in [-0.15, -0.1) is 0 Å². The van der Waals surface area contributed by atoms with E-state index in [1.165, 1.54) is 12.1 Å². The quantitative estimate of drug-likeness (QED) is 0.667. The summed E-state index contributed by atoms with van der Waals surface area (Å²) in [5.74, 6) is -0.863. The molecule has 1 atom stereocenters. The third kappa shape index (κ3) is 3.51. The molecular formula is C12H13ClN2O5S. The second-order valence-corrected chi connectivity index (χ2v) is 7.90. The molecule has 0 aliphatic carbocycles. The highest BCUT2D eigenvalue weighted by Crippen LogP contribution is 2.26. The molecule has 1 unspecified atom stereocenters. The Kier molecular flexibility index (Phi) is 3.94. The number of halogens is 1.